The fourth-order valence-corrected chi connectivity index (χ4v) is 1.90. The number of rotatable bonds is 8. The van der Waals surface area contributed by atoms with E-state index in [2.05, 4.69) is 5.32 Å². The van der Waals surface area contributed by atoms with E-state index in [-0.39, 0.29) is 31.6 Å². The SMILES string of the molecule is CCC(C)NC(=O)CN(CCOC)S(C)(=O)=O. The zero-order chi connectivity index (χ0) is 13.5. The number of methoxy groups -OCH3 is 1. The first-order chi connectivity index (χ1) is 7.81. The molecule has 7 heteroatoms. The van der Waals surface area contributed by atoms with Gasteiger partial charge >= 0.3 is 0 Å². The van der Waals surface area contributed by atoms with Crippen molar-refractivity contribution in [3.63, 3.8) is 0 Å². The summed E-state index contributed by atoms with van der Waals surface area (Å²) in [5.41, 5.74) is 0. The van der Waals surface area contributed by atoms with Crippen LogP contribution in [0.2, 0.25) is 0 Å². The molecule has 1 unspecified atom stereocenters. The maximum atomic E-state index is 11.6. The molecule has 0 aromatic carbocycles. The van der Waals surface area contributed by atoms with Crippen molar-refractivity contribution in [1.29, 1.82) is 0 Å². The van der Waals surface area contributed by atoms with E-state index < -0.39 is 10.0 Å². The fourth-order valence-electron chi connectivity index (χ4n) is 1.14. The van der Waals surface area contributed by atoms with Gasteiger partial charge in [-0.05, 0) is 13.3 Å². The summed E-state index contributed by atoms with van der Waals surface area (Å²) in [7, 11) is -1.90. The smallest absolute Gasteiger partial charge is 0.235 e. The number of carbonyl (C=O) groups is 1. The van der Waals surface area contributed by atoms with E-state index >= 15 is 0 Å². The molecule has 0 aliphatic rings. The number of hydrogen-bond donors (Lipinski definition) is 1. The molecular weight excluding hydrogens is 244 g/mol. The van der Waals surface area contributed by atoms with Crippen molar-refractivity contribution >= 4 is 15.9 Å². The van der Waals surface area contributed by atoms with Crippen molar-refractivity contribution in [2.45, 2.75) is 26.3 Å². The van der Waals surface area contributed by atoms with Gasteiger partial charge in [0.15, 0.2) is 0 Å². The van der Waals surface area contributed by atoms with Crippen LogP contribution in [0.3, 0.4) is 0 Å². The molecule has 6 nitrogen and oxygen atoms in total. The zero-order valence-electron chi connectivity index (χ0n) is 10.9. The van der Waals surface area contributed by atoms with Crippen LogP contribution in [-0.4, -0.2) is 57.7 Å². The minimum atomic E-state index is -3.38. The highest BCUT2D eigenvalue weighted by Gasteiger charge is 2.20. The third-order valence-electron chi connectivity index (χ3n) is 2.35. The number of nitrogens with zero attached hydrogens (tertiary/aromatic N) is 1. The van der Waals surface area contributed by atoms with E-state index in [1.807, 2.05) is 13.8 Å². The standard InChI is InChI=1S/C10H22N2O4S/c1-5-9(2)11-10(13)8-12(6-7-16-3)17(4,14)15/h9H,5-8H2,1-4H3,(H,11,13). The maximum Gasteiger partial charge on any atom is 0.235 e. The van der Waals surface area contributed by atoms with Crippen LogP contribution in [0.5, 0.6) is 0 Å². The Morgan fingerprint density at radius 2 is 2.06 bits per heavy atom. The highest BCUT2D eigenvalue weighted by atomic mass is 32.2. The Morgan fingerprint density at radius 1 is 1.47 bits per heavy atom. The maximum absolute atomic E-state index is 11.6. The summed E-state index contributed by atoms with van der Waals surface area (Å²) in [5.74, 6) is -0.291. The van der Waals surface area contributed by atoms with Crippen LogP contribution in [0.1, 0.15) is 20.3 Å². The summed E-state index contributed by atoms with van der Waals surface area (Å²) in [6.07, 6.45) is 1.89. The highest BCUT2D eigenvalue weighted by molar-refractivity contribution is 7.88. The monoisotopic (exact) mass is 266 g/mol. The van der Waals surface area contributed by atoms with Crippen molar-refractivity contribution < 1.29 is 17.9 Å². The normalized spacial score (nSPS) is 13.7. The molecule has 0 aromatic rings. The number of carbonyl (C=O) groups excluding carboxylic acids is 1. The van der Waals surface area contributed by atoms with Crippen LogP contribution >= 0.6 is 0 Å². The lowest BCUT2D eigenvalue weighted by atomic mass is 10.2. The van der Waals surface area contributed by atoms with Gasteiger partial charge in [0, 0.05) is 19.7 Å². The highest BCUT2D eigenvalue weighted by Crippen LogP contribution is 1.98. The van der Waals surface area contributed by atoms with E-state index in [4.69, 9.17) is 4.74 Å². The summed E-state index contributed by atoms with van der Waals surface area (Å²) in [5, 5.41) is 2.72. The average molecular weight is 266 g/mol. The van der Waals surface area contributed by atoms with Crippen molar-refractivity contribution in [2.24, 2.45) is 0 Å². The summed E-state index contributed by atoms with van der Waals surface area (Å²) in [4.78, 5) is 11.6. The molecule has 0 bridgehead atoms. The van der Waals surface area contributed by atoms with E-state index in [9.17, 15) is 13.2 Å². The van der Waals surface area contributed by atoms with Gasteiger partial charge in [-0.15, -0.1) is 0 Å². The quantitative estimate of drug-likeness (QED) is 0.660. The summed E-state index contributed by atoms with van der Waals surface area (Å²) in [6.45, 7) is 4.11. The first-order valence-corrected chi connectivity index (χ1v) is 7.39. The third-order valence-corrected chi connectivity index (χ3v) is 3.60. The molecule has 0 aliphatic heterocycles. The number of ether oxygens (including phenoxy) is 1. The molecule has 0 aromatic heterocycles. The molecule has 1 atom stereocenters. The van der Waals surface area contributed by atoms with Gasteiger partial charge in [0.05, 0.1) is 19.4 Å². The second kappa shape index (κ2) is 7.62. The van der Waals surface area contributed by atoms with Gasteiger partial charge in [0.2, 0.25) is 15.9 Å². The minimum Gasteiger partial charge on any atom is -0.383 e. The van der Waals surface area contributed by atoms with Gasteiger partial charge in [0.25, 0.3) is 0 Å². The van der Waals surface area contributed by atoms with Crippen molar-refractivity contribution in [3.05, 3.63) is 0 Å². The largest absolute Gasteiger partial charge is 0.383 e. The van der Waals surface area contributed by atoms with Gasteiger partial charge in [-0.1, -0.05) is 6.92 Å². The molecule has 0 fully saturated rings. The van der Waals surface area contributed by atoms with Crippen LogP contribution < -0.4 is 5.32 Å². The molecule has 1 N–H and O–H groups in total. The van der Waals surface area contributed by atoms with Crippen LogP contribution in [0.25, 0.3) is 0 Å². The van der Waals surface area contributed by atoms with Crippen LogP contribution in [0.4, 0.5) is 0 Å². The topological polar surface area (TPSA) is 75.7 Å². The zero-order valence-corrected chi connectivity index (χ0v) is 11.7. The molecule has 102 valence electrons. The van der Waals surface area contributed by atoms with Crippen molar-refractivity contribution in [2.75, 3.05) is 33.1 Å². The molecule has 0 radical (unpaired) electrons. The lowest BCUT2D eigenvalue weighted by Gasteiger charge is -2.20. The van der Waals surface area contributed by atoms with E-state index in [1.54, 1.807) is 0 Å². The van der Waals surface area contributed by atoms with Crippen LogP contribution in [-0.2, 0) is 19.6 Å². The van der Waals surface area contributed by atoms with E-state index in [0.29, 0.717) is 0 Å². The summed E-state index contributed by atoms with van der Waals surface area (Å²) < 4.78 is 28.8. The summed E-state index contributed by atoms with van der Waals surface area (Å²) >= 11 is 0. The Balaban J connectivity index is 4.39. The number of nitrogens with one attached hydrogen (secondary N) is 1. The molecule has 17 heavy (non-hydrogen) atoms. The molecule has 0 saturated carbocycles. The molecule has 1 amide bonds. The Bertz CT molecular complexity index is 329. The Morgan fingerprint density at radius 3 is 2.47 bits per heavy atom. The fraction of sp³-hybridized carbons (Fsp3) is 0.900. The lowest BCUT2D eigenvalue weighted by molar-refractivity contribution is -0.122. The Hall–Kier alpha value is -0.660. The lowest BCUT2D eigenvalue weighted by Crippen LogP contribution is -2.44. The molecule has 0 spiro atoms. The van der Waals surface area contributed by atoms with Crippen LogP contribution in [0.15, 0.2) is 0 Å². The first-order valence-electron chi connectivity index (χ1n) is 5.54. The Kier molecular flexibility index (Phi) is 7.33. The van der Waals surface area contributed by atoms with Gasteiger partial charge in [0.1, 0.15) is 0 Å². The third kappa shape index (κ3) is 7.30. The molecule has 0 rings (SSSR count). The molecule has 0 heterocycles. The second-order valence-corrected chi connectivity index (χ2v) is 5.95. The average Bonchev–Trinajstić information content (AvgIpc) is 2.22. The number of hydrogen-bond acceptors (Lipinski definition) is 4. The molecule has 0 saturated heterocycles. The summed E-state index contributed by atoms with van der Waals surface area (Å²) in [6, 6.07) is 0.0475. The Labute approximate surface area is 103 Å². The second-order valence-electron chi connectivity index (χ2n) is 3.97. The van der Waals surface area contributed by atoms with Gasteiger partial charge in [-0.2, -0.15) is 4.31 Å². The predicted molar refractivity (Wildman–Crippen MR) is 66.2 cm³/mol. The molecule has 0 aliphatic carbocycles. The van der Waals surface area contributed by atoms with E-state index in [0.717, 1.165) is 17.0 Å². The predicted octanol–water partition coefficient (Wildman–Crippen LogP) is -0.191. The number of sulfonamides is 1. The number of amides is 1. The molecular formula is C10H22N2O4S. The van der Waals surface area contributed by atoms with Crippen LogP contribution in [0, 0.1) is 0 Å². The first kappa shape index (κ1) is 16.3. The minimum absolute atomic E-state index is 0.0475. The van der Waals surface area contributed by atoms with Gasteiger partial charge in [-0.3, -0.25) is 4.79 Å². The van der Waals surface area contributed by atoms with Gasteiger partial charge < -0.3 is 10.1 Å². The van der Waals surface area contributed by atoms with E-state index in [1.165, 1.54) is 7.11 Å². The van der Waals surface area contributed by atoms with Crippen molar-refractivity contribution in [3.8, 4) is 0 Å². The van der Waals surface area contributed by atoms with Crippen molar-refractivity contribution in [1.82, 2.24) is 9.62 Å². The van der Waals surface area contributed by atoms with Gasteiger partial charge in [-0.25, -0.2) is 8.42 Å².